The molecule has 0 spiro atoms. The van der Waals surface area contributed by atoms with Gasteiger partial charge in [-0.05, 0) is 42.5 Å². The Kier molecular flexibility index (Phi) is 5.19. The van der Waals surface area contributed by atoms with Gasteiger partial charge in [0, 0.05) is 27.1 Å². The number of halogens is 2. The number of nitrogens with zero attached hydrogens (tertiary/aromatic N) is 1. The van der Waals surface area contributed by atoms with Gasteiger partial charge in [-0.25, -0.2) is 9.37 Å². The zero-order valence-electron chi connectivity index (χ0n) is 14.5. The van der Waals surface area contributed by atoms with E-state index >= 15 is 0 Å². The summed E-state index contributed by atoms with van der Waals surface area (Å²) in [5.74, 6) is -0.554. The van der Waals surface area contributed by atoms with Gasteiger partial charge in [-0.3, -0.25) is 4.79 Å². The van der Waals surface area contributed by atoms with E-state index in [2.05, 4.69) is 10.3 Å². The van der Waals surface area contributed by atoms with Crippen LogP contribution in [0.15, 0.2) is 78.2 Å². The molecule has 0 aliphatic carbocycles. The van der Waals surface area contributed by atoms with E-state index in [-0.39, 0.29) is 11.7 Å². The third kappa shape index (κ3) is 3.81. The third-order valence-corrected chi connectivity index (χ3v) is 5.29. The number of carbonyl (C=O) groups excluding carboxylic acids is 1. The second kappa shape index (κ2) is 7.92. The Hall–Kier alpha value is -3.02. The number of benzene rings is 3. The van der Waals surface area contributed by atoms with Gasteiger partial charge in [0.05, 0.1) is 11.4 Å². The fraction of sp³-hybridized carbons (Fsp3) is 0. The number of anilines is 1. The Bertz CT molecular complexity index is 1140. The van der Waals surface area contributed by atoms with Gasteiger partial charge < -0.3 is 5.32 Å². The van der Waals surface area contributed by atoms with Crippen molar-refractivity contribution in [2.75, 3.05) is 5.32 Å². The summed E-state index contributed by atoms with van der Waals surface area (Å²) in [5.41, 5.74) is 3.04. The Morgan fingerprint density at radius 1 is 0.929 bits per heavy atom. The first-order chi connectivity index (χ1) is 13.6. The van der Waals surface area contributed by atoms with Crippen LogP contribution >= 0.6 is 22.9 Å². The van der Waals surface area contributed by atoms with Crippen molar-refractivity contribution in [2.45, 2.75) is 0 Å². The topological polar surface area (TPSA) is 42.0 Å². The maximum atomic E-state index is 14.1. The molecular formula is C22H14ClFN2OS. The highest BCUT2D eigenvalue weighted by Crippen LogP contribution is 2.33. The van der Waals surface area contributed by atoms with Gasteiger partial charge in [0.15, 0.2) is 0 Å². The Labute approximate surface area is 170 Å². The number of aromatic nitrogens is 1. The van der Waals surface area contributed by atoms with Gasteiger partial charge in [-0.15, -0.1) is 11.3 Å². The van der Waals surface area contributed by atoms with Crippen molar-refractivity contribution in [2.24, 2.45) is 0 Å². The maximum absolute atomic E-state index is 14.1. The molecule has 0 aliphatic rings. The average molecular weight is 409 g/mol. The van der Waals surface area contributed by atoms with Crippen LogP contribution in [0.1, 0.15) is 10.4 Å². The largest absolute Gasteiger partial charge is 0.321 e. The van der Waals surface area contributed by atoms with Gasteiger partial charge in [-0.2, -0.15) is 0 Å². The van der Waals surface area contributed by atoms with Crippen LogP contribution in [-0.2, 0) is 0 Å². The summed E-state index contributed by atoms with van der Waals surface area (Å²) in [6.07, 6.45) is 0. The van der Waals surface area contributed by atoms with Crippen LogP contribution < -0.4 is 5.32 Å². The zero-order valence-corrected chi connectivity index (χ0v) is 16.1. The van der Waals surface area contributed by atoms with Crippen molar-refractivity contribution in [3.63, 3.8) is 0 Å². The molecule has 138 valence electrons. The van der Waals surface area contributed by atoms with E-state index in [1.165, 1.54) is 17.4 Å². The fourth-order valence-corrected chi connectivity index (χ4v) is 3.74. The highest BCUT2D eigenvalue weighted by molar-refractivity contribution is 7.13. The summed E-state index contributed by atoms with van der Waals surface area (Å²) in [4.78, 5) is 17.1. The lowest BCUT2D eigenvalue weighted by atomic mass is 10.1. The molecule has 1 N–H and O–H groups in total. The molecule has 0 fully saturated rings. The Morgan fingerprint density at radius 2 is 1.61 bits per heavy atom. The first kappa shape index (κ1) is 18.3. The molecule has 4 aromatic rings. The number of hydrogen-bond acceptors (Lipinski definition) is 3. The number of nitrogens with one attached hydrogen (secondary N) is 1. The molecule has 1 amide bonds. The summed E-state index contributed by atoms with van der Waals surface area (Å²) in [6, 6.07) is 20.6. The Balaban J connectivity index is 1.64. The first-order valence-electron chi connectivity index (χ1n) is 8.48. The summed E-state index contributed by atoms with van der Waals surface area (Å²) >= 11 is 7.24. The van der Waals surface area contributed by atoms with Crippen molar-refractivity contribution >= 4 is 34.5 Å². The molecule has 6 heteroatoms. The molecule has 1 heterocycles. The standard InChI is InChI=1S/C22H14ClFN2OS/c23-15-11-9-14(10-12-15)21(27)25-19-8-4-2-6-17(19)20-13-28-22(26-20)16-5-1-3-7-18(16)24/h1-13H,(H,25,27). The van der Waals surface area contributed by atoms with Crippen LogP contribution in [-0.4, -0.2) is 10.9 Å². The van der Waals surface area contributed by atoms with Gasteiger partial charge in [-0.1, -0.05) is 41.9 Å². The number of carbonyl (C=O) groups is 1. The predicted octanol–water partition coefficient (Wildman–Crippen LogP) is 6.52. The molecule has 0 atom stereocenters. The summed E-state index contributed by atoms with van der Waals surface area (Å²) < 4.78 is 14.1. The van der Waals surface area contributed by atoms with Crippen LogP contribution in [0.4, 0.5) is 10.1 Å². The molecule has 0 bridgehead atoms. The average Bonchev–Trinajstić information content (AvgIpc) is 3.19. The number of thiazole rings is 1. The highest BCUT2D eigenvalue weighted by atomic mass is 35.5. The lowest BCUT2D eigenvalue weighted by molar-refractivity contribution is 0.102. The summed E-state index contributed by atoms with van der Waals surface area (Å²) in [5, 5.41) is 5.93. The minimum absolute atomic E-state index is 0.242. The molecule has 0 saturated carbocycles. The number of amides is 1. The van der Waals surface area contributed by atoms with Crippen LogP contribution in [0, 0.1) is 5.82 Å². The lowest BCUT2D eigenvalue weighted by Gasteiger charge is -2.10. The van der Waals surface area contributed by atoms with Crippen molar-refractivity contribution in [3.05, 3.63) is 94.6 Å². The van der Waals surface area contributed by atoms with Gasteiger partial charge in [0.1, 0.15) is 10.8 Å². The number of para-hydroxylation sites is 1. The molecule has 4 rings (SSSR count). The third-order valence-electron chi connectivity index (χ3n) is 4.17. The first-order valence-corrected chi connectivity index (χ1v) is 9.74. The molecule has 0 saturated heterocycles. The fourth-order valence-electron chi connectivity index (χ4n) is 2.77. The van der Waals surface area contributed by atoms with Gasteiger partial charge >= 0.3 is 0 Å². The van der Waals surface area contributed by atoms with E-state index in [0.29, 0.717) is 32.5 Å². The van der Waals surface area contributed by atoms with Crippen LogP contribution in [0.2, 0.25) is 5.02 Å². The summed E-state index contributed by atoms with van der Waals surface area (Å²) in [6.45, 7) is 0. The van der Waals surface area contributed by atoms with Crippen LogP contribution in [0.3, 0.4) is 0 Å². The van der Waals surface area contributed by atoms with E-state index in [4.69, 9.17) is 11.6 Å². The monoisotopic (exact) mass is 408 g/mol. The molecule has 0 aliphatic heterocycles. The smallest absolute Gasteiger partial charge is 0.255 e. The molecule has 3 nitrogen and oxygen atoms in total. The normalized spacial score (nSPS) is 10.6. The quantitative estimate of drug-likeness (QED) is 0.417. The molecular weight excluding hydrogens is 395 g/mol. The minimum Gasteiger partial charge on any atom is -0.321 e. The summed E-state index contributed by atoms with van der Waals surface area (Å²) in [7, 11) is 0. The second-order valence-electron chi connectivity index (χ2n) is 6.02. The van der Waals surface area contributed by atoms with E-state index in [0.717, 1.165) is 5.56 Å². The molecule has 0 unspecified atom stereocenters. The number of hydrogen-bond donors (Lipinski definition) is 1. The van der Waals surface area contributed by atoms with Crippen molar-refractivity contribution in [1.29, 1.82) is 0 Å². The van der Waals surface area contributed by atoms with E-state index in [1.807, 2.05) is 29.6 Å². The zero-order chi connectivity index (χ0) is 19.5. The second-order valence-corrected chi connectivity index (χ2v) is 7.32. The lowest BCUT2D eigenvalue weighted by Crippen LogP contribution is -2.12. The Morgan fingerprint density at radius 3 is 2.36 bits per heavy atom. The van der Waals surface area contributed by atoms with E-state index in [9.17, 15) is 9.18 Å². The van der Waals surface area contributed by atoms with Crippen molar-refractivity contribution in [3.8, 4) is 21.8 Å². The molecule has 0 radical (unpaired) electrons. The number of rotatable bonds is 4. The predicted molar refractivity (Wildman–Crippen MR) is 112 cm³/mol. The van der Waals surface area contributed by atoms with Crippen molar-refractivity contribution in [1.82, 2.24) is 4.98 Å². The molecule has 1 aromatic heterocycles. The van der Waals surface area contributed by atoms with Crippen LogP contribution in [0.25, 0.3) is 21.8 Å². The highest BCUT2D eigenvalue weighted by Gasteiger charge is 2.14. The maximum Gasteiger partial charge on any atom is 0.255 e. The minimum atomic E-state index is -0.312. The molecule has 28 heavy (non-hydrogen) atoms. The van der Waals surface area contributed by atoms with E-state index < -0.39 is 0 Å². The van der Waals surface area contributed by atoms with E-state index in [1.54, 1.807) is 42.5 Å². The molecule has 3 aromatic carbocycles. The van der Waals surface area contributed by atoms with Crippen molar-refractivity contribution < 1.29 is 9.18 Å². The van der Waals surface area contributed by atoms with Crippen LogP contribution in [0.5, 0.6) is 0 Å². The van der Waals surface area contributed by atoms with Gasteiger partial charge in [0.2, 0.25) is 0 Å². The van der Waals surface area contributed by atoms with Gasteiger partial charge in [0.25, 0.3) is 5.91 Å². The SMILES string of the molecule is O=C(Nc1ccccc1-c1csc(-c2ccccc2F)n1)c1ccc(Cl)cc1.